The van der Waals surface area contributed by atoms with Gasteiger partial charge in [0, 0.05) is 24.2 Å². The summed E-state index contributed by atoms with van der Waals surface area (Å²) in [5.74, 6) is 0. The molecule has 2 heterocycles. The largest absolute Gasteiger partial charge is 0.447 e. The molecule has 150 valence electrons. The molecule has 1 N–H and O–H groups in total. The SMILES string of the molecule is CC(C)OC(=O)N1CCC(Nc2cnn(-c3ccc(Cl)cc3)c(=O)c2Cl)CC1. The lowest BCUT2D eigenvalue weighted by atomic mass is 10.1. The highest BCUT2D eigenvalue weighted by molar-refractivity contribution is 6.33. The first-order chi connectivity index (χ1) is 13.3. The second-order valence-corrected chi connectivity index (χ2v) is 7.72. The van der Waals surface area contributed by atoms with E-state index in [1.165, 1.54) is 10.9 Å². The van der Waals surface area contributed by atoms with E-state index < -0.39 is 5.56 Å². The predicted molar refractivity (Wildman–Crippen MR) is 110 cm³/mol. The van der Waals surface area contributed by atoms with Gasteiger partial charge in [0.05, 0.1) is 23.7 Å². The smallest absolute Gasteiger partial charge is 0.410 e. The van der Waals surface area contributed by atoms with Crippen molar-refractivity contribution in [2.24, 2.45) is 0 Å². The number of ether oxygens (including phenoxy) is 1. The Hall–Kier alpha value is -2.25. The van der Waals surface area contributed by atoms with Gasteiger partial charge < -0.3 is 15.0 Å². The van der Waals surface area contributed by atoms with E-state index >= 15 is 0 Å². The number of rotatable bonds is 4. The molecular weight excluding hydrogens is 403 g/mol. The molecule has 0 spiro atoms. The third-order valence-electron chi connectivity index (χ3n) is 4.44. The Morgan fingerprint density at radius 3 is 2.46 bits per heavy atom. The van der Waals surface area contributed by atoms with Crippen LogP contribution in [-0.4, -0.2) is 46.0 Å². The quantitative estimate of drug-likeness (QED) is 0.803. The Balaban J connectivity index is 1.66. The Morgan fingerprint density at radius 1 is 1.21 bits per heavy atom. The molecule has 0 aliphatic carbocycles. The van der Waals surface area contributed by atoms with Crippen molar-refractivity contribution in [1.29, 1.82) is 0 Å². The molecule has 1 saturated heterocycles. The van der Waals surface area contributed by atoms with Gasteiger partial charge in [0.1, 0.15) is 5.02 Å². The molecule has 7 nitrogen and oxygen atoms in total. The van der Waals surface area contributed by atoms with E-state index in [1.54, 1.807) is 29.2 Å². The highest BCUT2D eigenvalue weighted by Crippen LogP contribution is 2.22. The number of hydrogen-bond donors (Lipinski definition) is 1. The summed E-state index contributed by atoms with van der Waals surface area (Å²) in [4.78, 5) is 26.2. The molecular formula is C19H22Cl2N4O3. The second kappa shape index (κ2) is 8.84. The van der Waals surface area contributed by atoms with E-state index in [9.17, 15) is 9.59 Å². The van der Waals surface area contributed by atoms with Crippen LogP contribution in [-0.2, 0) is 4.74 Å². The van der Waals surface area contributed by atoms with Crippen molar-refractivity contribution in [2.45, 2.75) is 38.8 Å². The molecule has 0 radical (unpaired) electrons. The zero-order chi connectivity index (χ0) is 20.3. The van der Waals surface area contributed by atoms with E-state index in [0.717, 1.165) is 12.8 Å². The lowest BCUT2D eigenvalue weighted by Gasteiger charge is -2.32. The maximum atomic E-state index is 12.6. The molecule has 0 atom stereocenters. The van der Waals surface area contributed by atoms with Gasteiger partial charge >= 0.3 is 6.09 Å². The molecule has 9 heteroatoms. The normalized spacial score (nSPS) is 15.0. The van der Waals surface area contributed by atoms with Gasteiger partial charge in [-0.25, -0.2) is 4.79 Å². The first-order valence-corrected chi connectivity index (χ1v) is 9.86. The number of benzene rings is 1. The minimum absolute atomic E-state index is 0.0756. The van der Waals surface area contributed by atoms with Crippen molar-refractivity contribution in [3.8, 4) is 5.69 Å². The summed E-state index contributed by atoms with van der Waals surface area (Å²) in [5.41, 5.74) is 0.659. The molecule has 1 aliphatic heterocycles. The molecule has 0 saturated carbocycles. The number of carbonyl (C=O) groups is 1. The zero-order valence-electron chi connectivity index (χ0n) is 15.7. The summed E-state index contributed by atoms with van der Waals surface area (Å²) in [5, 5.41) is 8.13. The van der Waals surface area contributed by atoms with Gasteiger partial charge in [0.15, 0.2) is 0 Å². The summed E-state index contributed by atoms with van der Waals surface area (Å²) < 4.78 is 6.45. The van der Waals surface area contributed by atoms with Gasteiger partial charge in [-0.3, -0.25) is 4.79 Å². The molecule has 1 fully saturated rings. The van der Waals surface area contributed by atoms with E-state index in [0.29, 0.717) is 29.5 Å². The molecule has 0 bridgehead atoms. The number of anilines is 1. The monoisotopic (exact) mass is 424 g/mol. The number of halogens is 2. The molecule has 1 amide bonds. The number of amides is 1. The van der Waals surface area contributed by atoms with Crippen LogP contribution in [0.4, 0.5) is 10.5 Å². The van der Waals surface area contributed by atoms with Gasteiger partial charge in [0.2, 0.25) is 0 Å². The van der Waals surface area contributed by atoms with Crippen LogP contribution in [0.2, 0.25) is 10.0 Å². The highest BCUT2D eigenvalue weighted by atomic mass is 35.5. The average Bonchev–Trinajstić information content (AvgIpc) is 2.66. The molecule has 1 aromatic heterocycles. The number of hydrogen-bond acceptors (Lipinski definition) is 5. The molecule has 3 rings (SSSR count). The van der Waals surface area contributed by atoms with Crippen molar-refractivity contribution in [1.82, 2.24) is 14.7 Å². The Bertz CT molecular complexity index is 891. The van der Waals surface area contributed by atoms with Crippen LogP contribution in [0, 0.1) is 0 Å². The van der Waals surface area contributed by atoms with Crippen molar-refractivity contribution < 1.29 is 9.53 Å². The van der Waals surface area contributed by atoms with Gasteiger partial charge in [0.25, 0.3) is 5.56 Å². The third kappa shape index (κ3) is 4.77. The number of nitrogens with one attached hydrogen (secondary N) is 1. The van der Waals surface area contributed by atoms with Crippen molar-refractivity contribution >= 4 is 35.0 Å². The maximum absolute atomic E-state index is 12.6. The first-order valence-electron chi connectivity index (χ1n) is 9.11. The van der Waals surface area contributed by atoms with Gasteiger partial charge in [-0.1, -0.05) is 23.2 Å². The predicted octanol–water partition coefficient (Wildman–Crippen LogP) is 3.96. The van der Waals surface area contributed by atoms with E-state index in [1.807, 2.05) is 13.8 Å². The standard InChI is InChI=1S/C19H22Cl2N4O3/c1-12(2)28-19(27)24-9-7-14(8-10-24)23-16-11-22-25(18(26)17(16)21)15-5-3-13(20)4-6-15/h3-6,11-12,14,23H,7-10H2,1-2H3. The Labute approximate surface area is 173 Å². The van der Waals surface area contributed by atoms with E-state index in [-0.39, 0.29) is 23.3 Å². The summed E-state index contributed by atoms with van der Waals surface area (Å²) in [6, 6.07) is 6.86. The summed E-state index contributed by atoms with van der Waals surface area (Å²) in [6.45, 7) is 4.81. The van der Waals surface area contributed by atoms with Gasteiger partial charge in [-0.2, -0.15) is 9.78 Å². The minimum atomic E-state index is -0.410. The number of piperidine rings is 1. The number of nitrogens with zero attached hydrogens (tertiary/aromatic N) is 3. The van der Waals surface area contributed by atoms with Crippen LogP contribution in [0.25, 0.3) is 5.69 Å². The van der Waals surface area contributed by atoms with Crippen molar-refractivity contribution in [3.05, 3.63) is 50.9 Å². The molecule has 1 aliphatic rings. The van der Waals surface area contributed by atoms with Gasteiger partial charge in [-0.15, -0.1) is 0 Å². The lowest BCUT2D eigenvalue weighted by molar-refractivity contribution is 0.0701. The Morgan fingerprint density at radius 2 is 1.86 bits per heavy atom. The van der Waals surface area contributed by atoms with Gasteiger partial charge in [-0.05, 0) is 51.0 Å². The number of likely N-dealkylation sites (tertiary alicyclic amines) is 1. The fourth-order valence-corrected chi connectivity index (χ4v) is 3.31. The van der Waals surface area contributed by atoms with Crippen LogP contribution >= 0.6 is 23.2 Å². The second-order valence-electron chi connectivity index (χ2n) is 6.90. The van der Waals surface area contributed by atoms with Crippen LogP contribution in [0.5, 0.6) is 0 Å². The van der Waals surface area contributed by atoms with E-state index in [4.69, 9.17) is 27.9 Å². The first kappa shape index (κ1) is 20.5. The lowest BCUT2D eigenvalue weighted by Crippen LogP contribution is -2.43. The molecule has 2 aromatic rings. The third-order valence-corrected chi connectivity index (χ3v) is 5.06. The van der Waals surface area contributed by atoms with E-state index in [2.05, 4.69) is 10.4 Å². The fourth-order valence-electron chi connectivity index (χ4n) is 3.00. The summed E-state index contributed by atoms with van der Waals surface area (Å²) >= 11 is 12.2. The molecule has 28 heavy (non-hydrogen) atoms. The maximum Gasteiger partial charge on any atom is 0.410 e. The topological polar surface area (TPSA) is 76.5 Å². The summed E-state index contributed by atoms with van der Waals surface area (Å²) in [7, 11) is 0. The van der Waals surface area contributed by atoms with Crippen LogP contribution in [0.15, 0.2) is 35.3 Å². The summed E-state index contributed by atoms with van der Waals surface area (Å²) in [6.07, 6.45) is 2.56. The number of carbonyl (C=O) groups excluding carboxylic acids is 1. The van der Waals surface area contributed by atoms with Crippen LogP contribution in [0.1, 0.15) is 26.7 Å². The minimum Gasteiger partial charge on any atom is -0.447 e. The van der Waals surface area contributed by atoms with Crippen LogP contribution in [0.3, 0.4) is 0 Å². The van der Waals surface area contributed by atoms with Crippen molar-refractivity contribution in [2.75, 3.05) is 18.4 Å². The number of aromatic nitrogens is 2. The fraction of sp³-hybridized carbons (Fsp3) is 0.421. The molecule has 0 unspecified atom stereocenters. The average molecular weight is 425 g/mol. The highest BCUT2D eigenvalue weighted by Gasteiger charge is 2.25. The molecule has 1 aromatic carbocycles. The van der Waals surface area contributed by atoms with Crippen LogP contribution < -0.4 is 10.9 Å². The van der Waals surface area contributed by atoms with Crippen molar-refractivity contribution in [3.63, 3.8) is 0 Å². The Kier molecular flexibility index (Phi) is 6.46. The zero-order valence-corrected chi connectivity index (χ0v) is 17.2.